The fraction of sp³-hybridized carbons (Fsp3) is 0.138. The van der Waals surface area contributed by atoms with Crippen molar-refractivity contribution in [2.24, 2.45) is 0 Å². The summed E-state index contributed by atoms with van der Waals surface area (Å²) in [5.74, 6) is -0.372. The third-order valence-corrected chi connectivity index (χ3v) is 6.79. The number of benzene rings is 4. The van der Waals surface area contributed by atoms with E-state index in [9.17, 15) is 18.0 Å². The van der Waals surface area contributed by atoms with Gasteiger partial charge < -0.3 is 9.47 Å². The van der Waals surface area contributed by atoms with Crippen LogP contribution >= 0.6 is 0 Å². The van der Waals surface area contributed by atoms with Crippen LogP contribution in [0.15, 0.2) is 103 Å². The van der Waals surface area contributed by atoms with Crippen molar-refractivity contribution in [3.63, 3.8) is 0 Å². The largest absolute Gasteiger partial charge is 0.573 e. The van der Waals surface area contributed by atoms with E-state index in [0.29, 0.717) is 5.56 Å². The van der Waals surface area contributed by atoms with Gasteiger partial charge in [-0.25, -0.2) is 0 Å². The highest BCUT2D eigenvalue weighted by Crippen LogP contribution is 2.55. The van der Waals surface area contributed by atoms with Gasteiger partial charge >= 0.3 is 6.36 Å². The summed E-state index contributed by atoms with van der Waals surface area (Å²) in [5.41, 5.74) is 2.73. The minimum absolute atomic E-state index is 0.0134. The van der Waals surface area contributed by atoms with Crippen molar-refractivity contribution in [1.82, 2.24) is 0 Å². The van der Waals surface area contributed by atoms with Gasteiger partial charge in [-0.05, 0) is 28.8 Å². The van der Waals surface area contributed by atoms with Crippen molar-refractivity contribution < 1.29 is 27.4 Å². The van der Waals surface area contributed by atoms with Crippen molar-refractivity contribution in [2.75, 3.05) is 11.5 Å². The molecule has 0 N–H and O–H groups in total. The first kappa shape index (κ1) is 22.2. The lowest BCUT2D eigenvalue weighted by Crippen LogP contribution is -2.44. The number of nitrogens with zero attached hydrogens (tertiary/aromatic N) is 1. The number of carbonyl (C=O) groups excluding carboxylic acids is 1. The molecule has 0 radical (unpaired) electrons. The number of alkyl halides is 3. The lowest BCUT2D eigenvalue weighted by molar-refractivity contribution is -0.274. The number of rotatable bonds is 4. The molecule has 36 heavy (non-hydrogen) atoms. The van der Waals surface area contributed by atoms with E-state index in [4.69, 9.17) is 4.74 Å². The summed E-state index contributed by atoms with van der Waals surface area (Å²) in [5, 5.41) is 0. The van der Waals surface area contributed by atoms with E-state index in [1.165, 1.54) is 18.2 Å². The molecule has 2 heterocycles. The first-order valence-electron chi connectivity index (χ1n) is 11.4. The number of amides is 1. The second-order valence-corrected chi connectivity index (χ2v) is 8.82. The predicted molar refractivity (Wildman–Crippen MR) is 128 cm³/mol. The van der Waals surface area contributed by atoms with E-state index in [0.717, 1.165) is 22.4 Å². The Hall–Kier alpha value is -4.26. The molecule has 1 amide bonds. The van der Waals surface area contributed by atoms with E-state index >= 15 is 0 Å². The minimum atomic E-state index is -4.82. The molecule has 4 nitrogen and oxygen atoms in total. The van der Waals surface area contributed by atoms with Crippen LogP contribution in [0.1, 0.15) is 28.3 Å². The molecule has 0 aliphatic carbocycles. The van der Waals surface area contributed by atoms with Gasteiger partial charge in [0.25, 0.3) is 0 Å². The maximum absolute atomic E-state index is 14.5. The van der Waals surface area contributed by atoms with E-state index in [-0.39, 0.29) is 24.0 Å². The normalized spacial score (nSPS) is 18.3. The number of carbonyl (C=O) groups is 1. The second-order valence-electron chi connectivity index (χ2n) is 8.82. The zero-order valence-corrected chi connectivity index (χ0v) is 18.9. The van der Waals surface area contributed by atoms with Gasteiger partial charge in [0.1, 0.15) is 23.5 Å². The van der Waals surface area contributed by atoms with Crippen molar-refractivity contribution in [3.05, 3.63) is 125 Å². The molecule has 2 aliphatic heterocycles. The highest BCUT2D eigenvalue weighted by atomic mass is 19.4. The van der Waals surface area contributed by atoms with Crippen LogP contribution in [0, 0.1) is 0 Å². The second kappa shape index (κ2) is 8.16. The number of fused-ring (bicyclic) bond motifs is 4. The fourth-order valence-corrected chi connectivity index (χ4v) is 5.33. The molecule has 4 aromatic rings. The zero-order chi connectivity index (χ0) is 24.9. The number of ether oxygens (including phenoxy) is 2. The summed E-state index contributed by atoms with van der Waals surface area (Å²) >= 11 is 0. The van der Waals surface area contributed by atoms with Gasteiger partial charge in [-0.15, -0.1) is 13.2 Å². The lowest BCUT2D eigenvalue weighted by atomic mass is 9.77. The average Bonchev–Trinajstić information content (AvgIpc) is 3.37. The van der Waals surface area contributed by atoms with Crippen molar-refractivity contribution in [2.45, 2.75) is 17.8 Å². The number of halogens is 3. The number of para-hydroxylation sites is 1. The zero-order valence-electron chi connectivity index (χ0n) is 18.9. The average molecular weight is 487 g/mol. The molecule has 0 saturated carbocycles. The molecule has 6 rings (SSSR count). The fourth-order valence-electron chi connectivity index (χ4n) is 5.33. The van der Waals surface area contributed by atoms with Gasteiger partial charge in [0, 0.05) is 17.3 Å². The monoisotopic (exact) mass is 487 g/mol. The van der Waals surface area contributed by atoms with Crippen LogP contribution in [0.5, 0.6) is 11.5 Å². The summed E-state index contributed by atoms with van der Waals surface area (Å²) in [4.78, 5) is 16.3. The van der Waals surface area contributed by atoms with E-state index < -0.39 is 17.8 Å². The van der Waals surface area contributed by atoms with Crippen LogP contribution in [-0.4, -0.2) is 18.9 Å². The number of hydrogen-bond donors (Lipinski definition) is 0. The summed E-state index contributed by atoms with van der Waals surface area (Å²) in [6, 6.07) is 30.6. The Morgan fingerprint density at radius 2 is 1.42 bits per heavy atom. The van der Waals surface area contributed by atoms with Crippen molar-refractivity contribution in [1.29, 1.82) is 0 Å². The van der Waals surface area contributed by atoms with Gasteiger partial charge in [-0.3, -0.25) is 9.69 Å². The molecule has 7 heteroatoms. The quantitative estimate of drug-likeness (QED) is 0.334. The maximum atomic E-state index is 14.5. The molecule has 1 spiro atoms. The van der Waals surface area contributed by atoms with E-state index in [2.05, 4.69) is 4.74 Å². The first-order valence-corrected chi connectivity index (χ1v) is 11.4. The van der Waals surface area contributed by atoms with Crippen LogP contribution in [0.4, 0.5) is 18.9 Å². The van der Waals surface area contributed by atoms with Crippen LogP contribution in [-0.2, 0) is 10.2 Å². The van der Waals surface area contributed by atoms with Gasteiger partial charge in [0.05, 0.1) is 6.04 Å². The summed E-state index contributed by atoms with van der Waals surface area (Å²) in [6.45, 7) is -0.0134. The summed E-state index contributed by atoms with van der Waals surface area (Å²) < 4.78 is 48.3. The highest BCUT2D eigenvalue weighted by molar-refractivity contribution is 6.12. The Labute approximate surface area is 205 Å². The molecule has 1 unspecified atom stereocenters. The van der Waals surface area contributed by atoms with Gasteiger partial charge in [-0.2, -0.15) is 0 Å². The Morgan fingerprint density at radius 3 is 2.06 bits per heavy atom. The van der Waals surface area contributed by atoms with E-state index in [1.807, 2.05) is 84.9 Å². The van der Waals surface area contributed by atoms with Gasteiger partial charge in [-0.1, -0.05) is 84.9 Å². The molecule has 180 valence electrons. The molecule has 0 bridgehead atoms. The topological polar surface area (TPSA) is 38.8 Å². The lowest BCUT2D eigenvalue weighted by Gasteiger charge is -2.31. The van der Waals surface area contributed by atoms with Gasteiger partial charge in [0.15, 0.2) is 0 Å². The predicted octanol–water partition coefficient (Wildman–Crippen LogP) is 6.40. The Morgan fingerprint density at radius 1 is 0.806 bits per heavy atom. The maximum Gasteiger partial charge on any atom is 0.573 e. The molecule has 1 atom stereocenters. The molecule has 2 aliphatic rings. The molecule has 0 fully saturated rings. The molecule has 4 aromatic carbocycles. The number of hydrogen-bond acceptors (Lipinski definition) is 3. The Balaban J connectivity index is 1.52. The van der Waals surface area contributed by atoms with E-state index in [1.54, 1.807) is 4.90 Å². The third kappa shape index (κ3) is 3.42. The summed E-state index contributed by atoms with van der Waals surface area (Å²) in [7, 11) is 0. The smallest absolute Gasteiger partial charge is 0.491 e. The van der Waals surface area contributed by atoms with Crippen molar-refractivity contribution in [3.8, 4) is 11.5 Å². The van der Waals surface area contributed by atoms with Crippen LogP contribution < -0.4 is 14.4 Å². The highest BCUT2D eigenvalue weighted by Gasteiger charge is 2.58. The van der Waals surface area contributed by atoms with Crippen LogP contribution in [0.2, 0.25) is 0 Å². The van der Waals surface area contributed by atoms with Gasteiger partial charge in [0.2, 0.25) is 5.91 Å². The summed E-state index contributed by atoms with van der Waals surface area (Å²) in [6.07, 6.45) is -4.82. The Bertz CT molecular complexity index is 1400. The van der Waals surface area contributed by atoms with Crippen molar-refractivity contribution >= 4 is 11.6 Å². The molecule has 0 aromatic heterocycles. The minimum Gasteiger partial charge on any atom is -0.491 e. The third-order valence-electron chi connectivity index (χ3n) is 6.79. The molecular weight excluding hydrogens is 467 g/mol. The molecule has 0 saturated heterocycles. The molecular formula is C29H20F3NO3. The number of anilines is 1. The SMILES string of the molecule is O=C1N(C(c2ccccc2)c2ccccc2)c2ccccc2C12COc1cc(OC(F)(F)F)ccc12. The standard InChI is InChI=1S/C29H20F3NO3/c30-29(31,32)36-21-15-16-23-25(17-21)35-18-28(23)22-13-7-8-14-24(22)33(27(28)34)26(19-9-3-1-4-10-19)20-11-5-2-6-12-20/h1-17,26H,18H2. The van der Waals surface area contributed by atoms with Crippen LogP contribution in [0.3, 0.4) is 0 Å². The van der Waals surface area contributed by atoms with Crippen LogP contribution in [0.25, 0.3) is 0 Å². The Kier molecular flexibility index (Phi) is 5.03. The first-order chi connectivity index (χ1) is 17.4.